The molecule has 200 valence electrons. The molecule has 0 unspecified atom stereocenters. The first-order valence-electron chi connectivity index (χ1n) is 13.3. The molecule has 0 aromatic heterocycles. The van der Waals surface area contributed by atoms with Crippen LogP contribution in [0.25, 0.3) is 0 Å². The third-order valence-corrected chi connectivity index (χ3v) is 6.94. The molecule has 0 bridgehead atoms. The lowest BCUT2D eigenvalue weighted by Crippen LogP contribution is -2.37. The summed E-state index contributed by atoms with van der Waals surface area (Å²) in [5.41, 5.74) is 4.05. The van der Waals surface area contributed by atoms with Crippen molar-refractivity contribution in [3.05, 3.63) is 100 Å². The van der Waals surface area contributed by atoms with Gasteiger partial charge in [-0.15, -0.1) is 0 Å². The zero-order chi connectivity index (χ0) is 26.6. The van der Waals surface area contributed by atoms with E-state index < -0.39 is 0 Å². The van der Waals surface area contributed by atoms with Gasteiger partial charge < -0.3 is 15.4 Å². The molecule has 38 heavy (non-hydrogen) atoms. The Labute approximate surface area is 230 Å². The third kappa shape index (κ3) is 8.89. The summed E-state index contributed by atoms with van der Waals surface area (Å²) >= 11 is 6.23. The minimum atomic E-state index is -0.0388. The van der Waals surface area contributed by atoms with E-state index in [1.165, 1.54) is 0 Å². The van der Waals surface area contributed by atoms with Crippen LogP contribution in [0.5, 0.6) is 5.75 Å². The monoisotopic (exact) mass is 533 g/mol. The van der Waals surface area contributed by atoms with Gasteiger partial charge in [0.25, 0.3) is 0 Å². The zero-order valence-corrected chi connectivity index (χ0v) is 22.5. The van der Waals surface area contributed by atoms with E-state index in [1.807, 2.05) is 60.7 Å². The van der Waals surface area contributed by atoms with Crippen LogP contribution in [0.3, 0.4) is 0 Å². The lowest BCUT2D eigenvalue weighted by molar-refractivity contribution is -0.122. The minimum absolute atomic E-state index is 0.0247. The Balaban J connectivity index is 1.46. The highest BCUT2D eigenvalue weighted by Gasteiger charge is 2.17. The molecule has 4 rings (SSSR count). The Kier molecular flexibility index (Phi) is 10.6. The van der Waals surface area contributed by atoms with Crippen LogP contribution in [-0.4, -0.2) is 43.0 Å². The van der Waals surface area contributed by atoms with Gasteiger partial charge in [-0.1, -0.05) is 72.3 Å². The number of halogens is 1. The number of fused-ring (bicyclic) bond motifs is 1. The maximum atomic E-state index is 12.7. The van der Waals surface area contributed by atoms with Crippen molar-refractivity contribution in [1.29, 1.82) is 0 Å². The number of carbonyl (C=O) groups is 2. The van der Waals surface area contributed by atoms with Crippen molar-refractivity contribution in [1.82, 2.24) is 15.5 Å². The number of carbonyl (C=O) groups excluding carboxylic acids is 2. The lowest BCUT2D eigenvalue weighted by Gasteiger charge is -2.23. The number of hydrogen-bond acceptors (Lipinski definition) is 4. The van der Waals surface area contributed by atoms with Crippen LogP contribution in [0.4, 0.5) is 0 Å². The Bertz CT molecular complexity index is 1200. The summed E-state index contributed by atoms with van der Waals surface area (Å²) in [4.78, 5) is 27.5. The Morgan fingerprint density at radius 2 is 1.76 bits per heavy atom. The van der Waals surface area contributed by atoms with Crippen LogP contribution in [0.15, 0.2) is 72.8 Å². The van der Waals surface area contributed by atoms with E-state index in [4.69, 9.17) is 16.3 Å². The van der Waals surface area contributed by atoms with Gasteiger partial charge in [0, 0.05) is 36.8 Å². The fraction of sp³-hybridized carbons (Fsp3) is 0.355. The molecule has 3 aromatic rings. The Hall–Kier alpha value is -3.35. The van der Waals surface area contributed by atoms with Crippen molar-refractivity contribution in [2.75, 3.05) is 26.2 Å². The number of hydrogen-bond donors (Lipinski definition) is 2. The van der Waals surface area contributed by atoms with Gasteiger partial charge in [0.15, 0.2) is 0 Å². The molecule has 1 aliphatic rings. The summed E-state index contributed by atoms with van der Waals surface area (Å²) < 4.78 is 6.17. The average Bonchev–Trinajstić information content (AvgIpc) is 2.92. The topological polar surface area (TPSA) is 70.7 Å². The van der Waals surface area contributed by atoms with Gasteiger partial charge in [-0.3, -0.25) is 14.5 Å². The smallest absolute Gasteiger partial charge is 0.234 e. The van der Waals surface area contributed by atoms with Crippen molar-refractivity contribution in [2.24, 2.45) is 0 Å². The molecule has 2 N–H and O–H groups in total. The van der Waals surface area contributed by atoms with Crippen LogP contribution in [0.2, 0.25) is 5.02 Å². The maximum absolute atomic E-state index is 12.7. The summed E-state index contributed by atoms with van der Waals surface area (Å²) in [6.07, 6.45) is 3.81. The van der Waals surface area contributed by atoms with Crippen molar-refractivity contribution in [3.63, 3.8) is 0 Å². The van der Waals surface area contributed by atoms with Crippen molar-refractivity contribution < 1.29 is 14.3 Å². The van der Waals surface area contributed by atoms with Gasteiger partial charge in [0.2, 0.25) is 11.8 Å². The van der Waals surface area contributed by atoms with Crippen molar-refractivity contribution in [3.8, 4) is 5.75 Å². The predicted octanol–water partition coefficient (Wildman–Crippen LogP) is 4.92. The first kappa shape index (κ1) is 27.7. The lowest BCUT2D eigenvalue weighted by atomic mass is 10.1. The number of rotatable bonds is 7. The summed E-state index contributed by atoms with van der Waals surface area (Å²) in [5.74, 6) is 0.797. The standard InChI is InChI=1S/C31H36ClN3O3/c32-28-12-6-5-11-26(28)15-17-34-30(36)20-25-13-14-29-27(19-25)22-35(21-24-9-3-1-4-10-24)23-31(37)33-16-7-2-8-18-38-29/h1,3-6,9-14,19H,2,7-8,15-18,20-23H2,(H,33,37)(H,34,36). The average molecular weight is 534 g/mol. The van der Waals surface area contributed by atoms with Gasteiger partial charge >= 0.3 is 0 Å². The van der Waals surface area contributed by atoms with Crippen molar-refractivity contribution >= 4 is 23.4 Å². The summed E-state index contributed by atoms with van der Waals surface area (Å²) in [6.45, 7) is 3.31. The highest BCUT2D eigenvalue weighted by molar-refractivity contribution is 6.31. The summed E-state index contributed by atoms with van der Waals surface area (Å²) in [5, 5.41) is 6.77. The van der Waals surface area contributed by atoms with Crippen LogP contribution in [0, 0.1) is 0 Å². The quantitative estimate of drug-likeness (QED) is 0.452. The van der Waals surface area contributed by atoms with E-state index >= 15 is 0 Å². The molecule has 0 saturated carbocycles. The molecule has 6 nitrogen and oxygen atoms in total. The molecular formula is C31H36ClN3O3. The summed E-state index contributed by atoms with van der Waals surface area (Å²) in [6, 6.07) is 23.8. The van der Waals surface area contributed by atoms with Crippen LogP contribution >= 0.6 is 11.6 Å². The molecule has 0 aliphatic carbocycles. The number of ether oxygens (including phenoxy) is 1. The van der Waals surface area contributed by atoms with Gasteiger partial charge in [-0.05, 0) is 54.5 Å². The first-order chi connectivity index (χ1) is 18.6. The molecular weight excluding hydrogens is 498 g/mol. The SMILES string of the molecule is O=C(Cc1ccc2c(c1)CN(Cc1ccccc1)CC(=O)NCCCCCO2)NCCc1ccccc1Cl. The van der Waals surface area contributed by atoms with Gasteiger partial charge in [-0.25, -0.2) is 0 Å². The van der Waals surface area contributed by atoms with Gasteiger partial charge in [0.1, 0.15) is 5.75 Å². The van der Waals surface area contributed by atoms with Crippen LogP contribution in [0.1, 0.15) is 41.5 Å². The molecule has 2 amide bonds. The molecule has 3 aromatic carbocycles. The second-order valence-electron chi connectivity index (χ2n) is 9.70. The number of benzene rings is 3. The first-order valence-corrected chi connectivity index (χ1v) is 13.7. The minimum Gasteiger partial charge on any atom is -0.493 e. The van der Waals surface area contributed by atoms with Crippen LogP contribution < -0.4 is 15.4 Å². The Morgan fingerprint density at radius 1 is 0.947 bits per heavy atom. The Morgan fingerprint density at radius 3 is 2.61 bits per heavy atom. The molecule has 0 radical (unpaired) electrons. The number of nitrogens with one attached hydrogen (secondary N) is 2. The van der Waals surface area contributed by atoms with E-state index in [0.717, 1.165) is 47.3 Å². The number of amides is 2. The third-order valence-electron chi connectivity index (χ3n) is 6.57. The molecule has 0 fully saturated rings. The summed E-state index contributed by atoms with van der Waals surface area (Å²) in [7, 11) is 0. The molecule has 0 atom stereocenters. The molecule has 1 aliphatic heterocycles. The van der Waals surface area contributed by atoms with E-state index in [9.17, 15) is 9.59 Å². The molecule has 0 spiro atoms. The van der Waals surface area contributed by atoms with Gasteiger partial charge in [-0.2, -0.15) is 0 Å². The van der Waals surface area contributed by atoms with E-state index in [2.05, 4.69) is 27.7 Å². The van der Waals surface area contributed by atoms with Crippen LogP contribution in [-0.2, 0) is 35.5 Å². The molecule has 0 saturated heterocycles. The zero-order valence-electron chi connectivity index (χ0n) is 21.8. The van der Waals surface area contributed by atoms with E-state index in [1.54, 1.807) is 0 Å². The fourth-order valence-corrected chi connectivity index (χ4v) is 4.85. The second kappa shape index (κ2) is 14.6. The number of nitrogens with zero attached hydrogens (tertiary/aromatic N) is 1. The fourth-order valence-electron chi connectivity index (χ4n) is 4.62. The molecule has 7 heteroatoms. The van der Waals surface area contributed by atoms with Gasteiger partial charge in [0.05, 0.1) is 19.6 Å². The van der Waals surface area contributed by atoms with E-state index in [-0.39, 0.29) is 18.2 Å². The highest BCUT2D eigenvalue weighted by Crippen LogP contribution is 2.24. The van der Waals surface area contributed by atoms with E-state index in [0.29, 0.717) is 50.8 Å². The normalized spacial score (nSPS) is 15.1. The second-order valence-corrected chi connectivity index (χ2v) is 10.1. The van der Waals surface area contributed by atoms with Crippen molar-refractivity contribution in [2.45, 2.75) is 45.2 Å². The maximum Gasteiger partial charge on any atom is 0.234 e. The molecule has 1 heterocycles. The highest BCUT2D eigenvalue weighted by atomic mass is 35.5. The largest absolute Gasteiger partial charge is 0.493 e. The predicted molar refractivity (Wildman–Crippen MR) is 151 cm³/mol.